The molecule has 0 bridgehead atoms. The summed E-state index contributed by atoms with van der Waals surface area (Å²) in [5, 5.41) is 2.77. The highest BCUT2D eigenvalue weighted by atomic mass is 16.6. The molecule has 1 amide bonds. The van der Waals surface area contributed by atoms with Crippen LogP contribution in [0, 0.1) is 0 Å². The fourth-order valence-corrected chi connectivity index (χ4v) is 1.86. The van der Waals surface area contributed by atoms with Gasteiger partial charge in [-0.15, -0.1) is 0 Å². The first kappa shape index (κ1) is 17.0. The number of esters is 1. The minimum Gasteiger partial charge on any atom is -0.465 e. The van der Waals surface area contributed by atoms with E-state index in [9.17, 15) is 9.59 Å². The largest absolute Gasteiger partial charge is 0.465 e. The molecular formula is C16H23NO4. The molecule has 0 radical (unpaired) electrons. The van der Waals surface area contributed by atoms with Gasteiger partial charge in [-0.25, -0.2) is 9.59 Å². The Morgan fingerprint density at radius 3 is 2.52 bits per heavy atom. The van der Waals surface area contributed by atoms with Gasteiger partial charge >= 0.3 is 12.1 Å². The standard InChI is InChI=1S/C16H23NO4/c1-11(17-15(19)21-16(2,3)4)9-12-7-6-8-13(10-12)14(18)20-5/h6-8,10-11H,9H2,1-5H3,(H,17,19). The van der Waals surface area contributed by atoms with E-state index in [1.54, 1.807) is 18.2 Å². The molecule has 0 spiro atoms. The van der Waals surface area contributed by atoms with Gasteiger partial charge in [-0.2, -0.15) is 0 Å². The summed E-state index contributed by atoms with van der Waals surface area (Å²) in [6.07, 6.45) is 0.156. The fraction of sp³-hybridized carbons (Fsp3) is 0.500. The first-order valence-electron chi connectivity index (χ1n) is 6.88. The molecule has 0 aliphatic carbocycles. The molecule has 1 aromatic rings. The van der Waals surface area contributed by atoms with Crippen LogP contribution in [0.5, 0.6) is 0 Å². The lowest BCUT2D eigenvalue weighted by atomic mass is 10.0. The first-order valence-corrected chi connectivity index (χ1v) is 6.88. The van der Waals surface area contributed by atoms with Crippen LogP contribution in [-0.2, 0) is 15.9 Å². The van der Waals surface area contributed by atoms with Crippen molar-refractivity contribution in [1.29, 1.82) is 0 Å². The monoisotopic (exact) mass is 293 g/mol. The van der Waals surface area contributed by atoms with Crippen molar-refractivity contribution in [3.63, 3.8) is 0 Å². The minimum absolute atomic E-state index is 0.104. The number of carbonyl (C=O) groups is 2. The SMILES string of the molecule is COC(=O)c1cccc(CC(C)NC(=O)OC(C)(C)C)c1. The van der Waals surface area contributed by atoms with Crippen LogP contribution in [0.4, 0.5) is 4.79 Å². The predicted molar refractivity (Wildman–Crippen MR) is 80.3 cm³/mol. The van der Waals surface area contributed by atoms with Gasteiger partial charge in [0, 0.05) is 6.04 Å². The number of hydrogen-bond acceptors (Lipinski definition) is 4. The Kier molecular flexibility index (Phi) is 5.76. The van der Waals surface area contributed by atoms with Gasteiger partial charge in [-0.05, 0) is 51.8 Å². The molecule has 1 N–H and O–H groups in total. The Balaban J connectivity index is 2.61. The maximum atomic E-state index is 11.7. The van der Waals surface area contributed by atoms with Crippen LogP contribution in [0.1, 0.15) is 43.6 Å². The highest BCUT2D eigenvalue weighted by molar-refractivity contribution is 5.89. The molecule has 0 heterocycles. The third-order valence-corrected chi connectivity index (χ3v) is 2.65. The van der Waals surface area contributed by atoms with E-state index in [0.29, 0.717) is 12.0 Å². The summed E-state index contributed by atoms with van der Waals surface area (Å²) in [5.41, 5.74) is 0.926. The molecule has 21 heavy (non-hydrogen) atoms. The van der Waals surface area contributed by atoms with Gasteiger partial charge in [0.25, 0.3) is 0 Å². The van der Waals surface area contributed by atoms with Gasteiger partial charge in [-0.1, -0.05) is 12.1 Å². The van der Waals surface area contributed by atoms with E-state index in [0.717, 1.165) is 5.56 Å². The molecule has 0 fully saturated rings. The molecule has 0 aromatic heterocycles. The second-order valence-electron chi connectivity index (χ2n) is 5.94. The smallest absolute Gasteiger partial charge is 0.407 e. The zero-order valence-corrected chi connectivity index (χ0v) is 13.2. The number of carbonyl (C=O) groups excluding carboxylic acids is 2. The molecule has 116 valence electrons. The first-order chi connectivity index (χ1) is 9.71. The van der Waals surface area contributed by atoms with Gasteiger partial charge in [0.1, 0.15) is 5.60 Å². The molecule has 5 heteroatoms. The number of alkyl carbamates (subject to hydrolysis) is 1. The minimum atomic E-state index is -0.519. The molecule has 1 unspecified atom stereocenters. The summed E-state index contributed by atoms with van der Waals surface area (Å²) in [7, 11) is 1.35. The van der Waals surface area contributed by atoms with Crippen molar-refractivity contribution >= 4 is 12.1 Å². The number of nitrogens with one attached hydrogen (secondary N) is 1. The molecule has 0 aliphatic heterocycles. The zero-order valence-electron chi connectivity index (χ0n) is 13.2. The maximum Gasteiger partial charge on any atom is 0.407 e. The van der Waals surface area contributed by atoms with Crippen molar-refractivity contribution in [3.8, 4) is 0 Å². The Labute approximate surface area is 125 Å². The van der Waals surface area contributed by atoms with Crippen molar-refractivity contribution in [1.82, 2.24) is 5.32 Å². The number of benzene rings is 1. The molecule has 0 saturated carbocycles. The Morgan fingerprint density at radius 2 is 1.95 bits per heavy atom. The van der Waals surface area contributed by atoms with E-state index >= 15 is 0 Å². The Bertz CT molecular complexity index is 505. The number of rotatable bonds is 4. The third-order valence-electron chi connectivity index (χ3n) is 2.65. The van der Waals surface area contributed by atoms with E-state index < -0.39 is 11.7 Å². The number of amides is 1. The van der Waals surface area contributed by atoms with E-state index in [4.69, 9.17) is 4.74 Å². The second-order valence-corrected chi connectivity index (χ2v) is 5.94. The number of ether oxygens (including phenoxy) is 2. The van der Waals surface area contributed by atoms with Crippen LogP contribution in [0.15, 0.2) is 24.3 Å². The maximum absolute atomic E-state index is 11.7. The third kappa shape index (κ3) is 6.29. The summed E-state index contributed by atoms with van der Waals surface area (Å²) in [4.78, 5) is 23.1. The van der Waals surface area contributed by atoms with E-state index in [1.807, 2.05) is 33.8 Å². The Hall–Kier alpha value is -2.04. The summed E-state index contributed by atoms with van der Waals surface area (Å²) < 4.78 is 9.89. The van der Waals surface area contributed by atoms with Crippen molar-refractivity contribution in [3.05, 3.63) is 35.4 Å². The van der Waals surface area contributed by atoms with Crippen molar-refractivity contribution in [2.45, 2.75) is 45.8 Å². The van der Waals surface area contributed by atoms with Crippen molar-refractivity contribution in [2.24, 2.45) is 0 Å². The highest BCUT2D eigenvalue weighted by Crippen LogP contribution is 2.10. The summed E-state index contributed by atoms with van der Waals surface area (Å²) in [6, 6.07) is 7.05. The van der Waals surface area contributed by atoms with Gasteiger partial charge in [-0.3, -0.25) is 0 Å². The quantitative estimate of drug-likeness (QED) is 0.867. The van der Waals surface area contributed by atoms with Crippen LogP contribution in [0.3, 0.4) is 0 Å². The van der Waals surface area contributed by atoms with Gasteiger partial charge in [0.05, 0.1) is 12.7 Å². The average molecular weight is 293 g/mol. The zero-order chi connectivity index (χ0) is 16.0. The highest BCUT2D eigenvalue weighted by Gasteiger charge is 2.18. The van der Waals surface area contributed by atoms with E-state index in [2.05, 4.69) is 10.1 Å². The van der Waals surface area contributed by atoms with Gasteiger partial charge < -0.3 is 14.8 Å². The lowest BCUT2D eigenvalue weighted by Crippen LogP contribution is -2.38. The predicted octanol–water partition coefficient (Wildman–Crippen LogP) is 2.93. The average Bonchev–Trinajstić information content (AvgIpc) is 2.35. The molecule has 1 atom stereocenters. The van der Waals surface area contributed by atoms with E-state index in [-0.39, 0.29) is 12.0 Å². The summed E-state index contributed by atoms with van der Waals surface area (Å²) in [5.74, 6) is -0.371. The normalized spacial score (nSPS) is 12.4. The van der Waals surface area contributed by atoms with Crippen molar-refractivity contribution < 1.29 is 19.1 Å². The van der Waals surface area contributed by atoms with Gasteiger partial charge in [0.15, 0.2) is 0 Å². The molecule has 0 aliphatic rings. The van der Waals surface area contributed by atoms with Crippen LogP contribution >= 0.6 is 0 Å². The molecule has 5 nitrogen and oxygen atoms in total. The van der Waals surface area contributed by atoms with Crippen LogP contribution in [0.25, 0.3) is 0 Å². The lowest BCUT2D eigenvalue weighted by molar-refractivity contribution is 0.0507. The summed E-state index contributed by atoms with van der Waals surface area (Å²) >= 11 is 0. The van der Waals surface area contributed by atoms with Crippen LogP contribution < -0.4 is 5.32 Å². The van der Waals surface area contributed by atoms with Crippen molar-refractivity contribution in [2.75, 3.05) is 7.11 Å². The fourth-order valence-electron chi connectivity index (χ4n) is 1.86. The topological polar surface area (TPSA) is 64.6 Å². The molecule has 1 aromatic carbocycles. The van der Waals surface area contributed by atoms with Gasteiger partial charge in [0.2, 0.25) is 0 Å². The Morgan fingerprint density at radius 1 is 1.29 bits per heavy atom. The number of hydrogen-bond donors (Lipinski definition) is 1. The van der Waals surface area contributed by atoms with Crippen LogP contribution in [0.2, 0.25) is 0 Å². The number of methoxy groups -OCH3 is 1. The molecular weight excluding hydrogens is 270 g/mol. The lowest BCUT2D eigenvalue weighted by Gasteiger charge is -2.22. The second kappa shape index (κ2) is 7.11. The summed E-state index contributed by atoms with van der Waals surface area (Å²) in [6.45, 7) is 7.33. The molecule has 1 rings (SSSR count). The molecule has 0 saturated heterocycles. The van der Waals surface area contributed by atoms with E-state index in [1.165, 1.54) is 7.11 Å². The van der Waals surface area contributed by atoms with Crippen LogP contribution in [-0.4, -0.2) is 30.8 Å².